The quantitative estimate of drug-likeness (QED) is 0.244. The SMILES string of the molecule is Cc1ccc(-c2ccc(C3=CC4c5c(c6ccccc6c6ccccc56)N(C)C4C=C3)cc2)cc1. The van der Waals surface area contributed by atoms with E-state index in [2.05, 4.69) is 134 Å². The van der Waals surface area contributed by atoms with Gasteiger partial charge in [-0.2, -0.15) is 0 Å². The summed E-state index contributed by atoms with van der Waals surface area (Å²) in [6, 6.07) is 35.9. The van der Waals surface area contributed by atoms with Crippen LogP contribution in [0.4, 0.5) is 5.69 Å². The van der Waals surface area contributed by atoms with Gasteiger partial charge in [0.1, 0.15) is 0 Å². The average molecular weight is 450 g/mol. The third-order valence-electron chi connectivity index (χ3n) is 7.88. The molecule has 0 amide bonds. The monoisotopic (exact) mass is 449 g/mol. The number of likely N-dealkylation sites (N-methyl/N-ethyl adjacent to an activating group) is 1. The van der Waals surface area contributed by atoms with E-state index >= 15 is 0 Å². The molecule has 0 N–H and O–H groups in total. The molecule has 0 saturated heterocycles. The molecule has 2 aliphatic rings. The summed E-state index contributed by atoms with van der Waals surface area (Å²) < 4.78 is 0. The summed E-state index contributed by atoms with van der Waals surface area (Å²) in [7, 11) is 2.25. The number of aryl methyl sites for hydroxylation is 1. The van der Waals surface area contributed by atoms with E-state index in [1.807, 2.05) is 0 Å². The predicted molar refractivity (Wildman–Crippen MR) is 150 cm³/mol. The second kappa shape index (κ2) is 7.71. The molecule has 35 heavy (non-hydrogen) atoms. The topological polar surface area (TPSA) is 3.24 Å². The number of hydrogen-bond acceptors (Lipinski definition) is 1. The van der Waals surface area contributed by atoms with Gasteiger partial charge in [0.25, 0.3) is 0 Å². The maximum atomic E-state index is 2.50. The van der Waals surface area contributed by atoms with Gasteiger partial charge in [-0.05, 0) is 50.9 Å². The molecule has 0 bridgehead atoms. The zero-order chi connectivity index (χ0) is 23.5. The molecule has 2 unspecified atom stereocenters. The average Bonchev–Trinajstić information content (AvgIpc) is 3.21. The standard InChI is InChI=1S/C34H27N/c1-22-11-13-23(14-12-22)24-15-17-25(18-16-24)26-19-20-32-31(21-26)33-29-9-5-3-7-27(29)28-8-4-6-10-30(28)34(33)35(32)2/h3-21,31-32H,1-2H3. The fourth-order valence-corrected chi connectivity index (χ4v) is 6.10. The van der Waals surface area contributed by atoms with Gasteiger partial charge in [0.2, 0.25) is 0 Å². The highest BCUT2D eigenvalue weighted by Gasteiger charge is 2.38. The molecule has 1 heterocycles. The minimum Gasteiger partial charge on any atom is -0.366 e. The number of anilines is 1. The van der Waals surface area contributed by atoms with E-state index in [4.69, 9.17) is 0 Å². The predicted octanol–water partition coefficient (Wildman–Crippen LogP) is 8.52. The summed E-state index contributed by atoms with van der Waals surface area (Å²) in [5.41, 5.74) is 9.24. The number of rotatable bonds is 2. The molecule has 1 heteroatoms. The molecule has 0 saturated carbocycles. The second-order valence-corrected chi connectivity index (χ2v) is 9.91. The van der Waals surface area contributed by atoms with E-state index < -0.39 is 0 Å². The van der Waals surface area contributed by atoms with E-state index in [0.29, 0.717) is 12.0 Å². The Bertz CT molecular complexity index is 1650. The maximum Gasteiger partial charge on any atom is 0.0578 e. The van der Waals surface area contributed by atoms with E-state index in [1.54, 1.807) is 0 Å². The highest BCUT2D eigenvalue weighted by molar-refractivity contribution is 6.16. The van der Waals surface area contributed by atoms with Crippen molar-refractivity contribution in [2.45, 2.75) is 18.9 Å². The van der Waals surface area contributed by atoms with Crippen LogP contribution in [-0.4, -0.2) is 13.1 Å². The van der Waals surface area contributed by atoms with E-state index in [-0.39, 0.29) is 0 Å². The van der Waals surface area contributed by atoms with Crippen LogP contribution in [0.5, 0.6) is 0 Å². The second-order valence-electron chi connectivity index (χ2n) is 9.91. The molecule has 0 spiro atoms. The summed E-state index contributed by atoms with van der Waals surface area (Å²) in [4.78, 5) is 2.49. The lowest BCUT2D eigenvalue weighted by molar-refractivity contribution is 0.728. The lowest BCUT2D eigenvalue weighted by Crippen LogP contribution is -2.29. The normalized spacial score (nSPS) is 18.6. The van der Waals surface area contributed by atoms with E-state index in [0.717, 1.165) is 0 Å². The largest absolute Gasteiger partial charge is 0.366 e. The zero-order valence-corrected chi connectivity index (χ0v) is 20.1. The van der Waals surface area contributed by atoms with Crippen LogP contribution in [0.1, 0.15) is 22.6 Å². The molecule has 168 valence electrons. The minimum absolute atomic E-state index is 0.335. The maximum absolute atomic E-state index is 2.50. The summed E-state index contributed by atoms with van der Waals surface area (Å²) in [6.07, 6.45) is 7.21. The molecule has 5 aromatic rings. The van der Waals surface area contributed by atoms with Crippen LogP contribution >= 0.6 is 0 Å². The highest BCUT2D eigenvalue weighted by Crippen LogP contribution is 2.51. The van der Waals surface area contributed by atoms with Crippen molar-refractivity contribution in [3.8, 4) is 11.1 Å². The Kier molecular flexibility index (Phi) is 4.47. The molecule has 2 atom stereocenters. The number of allylic oxidation sites excluding steroid dienone is 2. The Morgan fingerprint density at radius 3 is 1.83 bits per heavy atom. The van der Waals surface area contributed by atoms with Gasteiger partial charge >= 0.3 is 0 Å². The van der Waals surface area contributed by atoms with Gasteiger partial charge in [0.15, 0.2) is 0 Å². The van der Waals surface area contributed by atoms with Gasteiger partial charge in [-0.1, -0.05) is 121 Å². The zero-order valence-electron chi connectivity index (χ0n) is 20.1. The molecular weight excluding hydrogens is 422 g/mol. The van der Waals surface area contributed by atoms with Crippen molar-refractivity contribution >= 4 is 32.8 Å². The van der Waals surface area contributed by atoms with Crippen LogP contribution in [0, 0.1) is 6.92 Å². The lowest BCUT2D eigenvalue weighted by atomic mass is 9.83. The van der Waals surface area contributed by atoms with E-state index in [1.165, 1.54) is 60.6 Å². The van der Waals surface area contributed by atoms with Crippen molar-refractivity contribution < 1.29 is 0 Å². The van der Waals surface area contributed by atoms with Gasteiger partial charge in [-0.15, -0.1) is 0 Å². The minimum atomic E-state index is 0.335. The first-order valence-electron chi connectivity index (χ1n) is 12.4. The van der Waals surface area contributed by atoms with Gasteiger partial charge in [0, 0.05) is 24.0 Å². The highest BCUT2D eigenvalue weighted by atomic mass is 15.2. The Morgan fingerprint density at radius 1 is 0.600 bits per heavy atom. The molecule has 0 radical (unpaired) electrons. The molecule has 0 fully saturated rings. The van der Waals surface area contributed by atoms with Crippen LogP contribution in [-0.2, 0) is 0 Å². The van der Waals surface area contributed by atoms with Crippen LogP contribution in [0.25, 0.3) is 38.2 Å². The third-order valence-corrected chi connectivity index (χ3v) is 7.88. The number of benzene rings is 5. The number of hydrogen-bond donors (Lipinski definition) is 0. The number of nitrogens with zero attached hydrogens (tertiary/aromatic N) is 1. The Hall–Kier alpha value is -4.10. The fourth-order valence-electron chi connectivity index (χ4n) is 6.10. The smallest absolute Gasteiger partial charge is 0.0578 e. The summed E-state index contributed by atoms with van der Waals surface area (Å²) in [5, 5.41) is 5.42. The Balaban J connectivity index is 1.35. The van der Waals surface area contributed by atoms with Crippen molar-refractivity contribution in [1.29, 1.82) is 0 Å². The molecule has 1 aliphatic carbocycles. The molecule has 7 rings (SSSR count). The van der Waals surface area contributed by atoms with Crippen molar-refractivity contribution in [1.82, 2.24) is 0 Å². The molecular formula is C34H27N. The van der Waals surface area contributed by atoms with Gasteiger partial charge in [-0.25, -0.2) is 0 Å². The van der Waals surface area contributed by atoms with Crippen molar-refractivity contribution in [3.63, 3.8) is 0 Å². The van der Waals surface area contributed by atoms with Crippen molar-refractivity contribution in [2.24, 2.45) is 0 Å². The first-order chi connectivity index (χ1) is 17.2. The third kappa shape index (κ3) is 3.08. The Labute approximate surface area is 206 Å². The molecule has 1 aliphatic heterocycles. The molecule has 5 aromatic carbocycles. The van der Waals surface area contributed by atoms with Crippen molar-refractivity contribution in [2.75, 3.05) is 11.9 Å². The van der Waals surface area contributed by atoms with E-state index in [9.17, 15) is 0 Å². The lowest BCUT2D eigenvalue weighted by Gasteiger charge is -2.26. The summed E-state index contributed by atoms with van der Waals surface area (Å²) in [5.74, 6) is 0.335. The van der Waals surface area contributed by atoms with Crippen LogP contribution in [0.2, 0.25) is 0 Å². The van der Waals surface area contributed by atoms with Crippen molar-refractivity contribution in [3.05, 3.63) is 132 Å². The molecule has 1 nitrogen and oxygen atoms in total. The summed E-state index contributed by atoms with van der Waals surface area (Å²) in [6.45, 7) is 2.13. The van der Waals surface area contributed by atoms with Gasteiger partial charge in [-0.3, -0.25) is 0 Å². The fraction of sp³-hybridized carbons (Fsp3) is 0.118. The molecule has 0 aromatic heterocycles. The first kappa shape index (κ1) is 20.3. The van der Waals surface area contributed by atoms with Gasteiger partial charge in [0.05, 0.1) is 6.04 Å². The summed E-state index contributed by atoms with van der Waals surface area (Å²) >= 11 is 0. The number of fused-ring (bicyclic) bond motifs is 8. The Morgan fingerprint density at radius 2 is 1.14 bits per heavy atom. The van der Waals surface area contributed by atoms with Crippen LogP contribution < -0.4 is 4.90 Å². The van der Waals surface area contributed by atoms with Gasteiger partial charge < -0.3 is 4.90 Å². The van der Waals surface area contributed by atoms with Crippen LogP contribution in [0.15, 0.2) is 115 Å². The first-order valence-corrected chi connectivity index (χ1v) is 12.4. The van der Waals surface area contributed by atoms with Crippen LogP contribution in [0.3, 0.4) is 0 Å².